The number of H-pyrrole nitrogens is 1. The minimum Gasteiger partial charge on any atom is -0.458 e. The van der Waals surface area contributed by atoms with E-state index in [1.165, 1.54) is 32.2 Å². The van der Waals surface area contributed by atoms with Crippen molar-refractivity contribution in [3.63, 3.8) is 0 Å². The second-order valence-electron chi connectivity index (χ2n) is 11.8. The van der Waals surface area contributed by atoms with Crippen molar-refractivity contribution in [3.05, 3.63) is 135 Å². The number of aromatic nitrogens is 2. The third-order valence-electron chi connectivity index (χ3n) is 7.72. The summed E-state index contributed by atoms with van der Waals surface area (Å²) in [6, 6.07) is 25.6. The highest BCUT2D eigenvalue weighted by Gasteiger charge is 2.43. The fourth-order valence-corrected chi connectivity index (χ4v) is 6.52. The SMILES string of the molecule is CC(NP(=O)(OC[C@H]1O[C@@H](n2ccc(=O)[nH]c2=O)C[C@H]1OC(=O)OCc1ccccc1)Oc1ccccc1)C(=O)OC(C)C(=O)OCc1ccccc1. The number of hydrogen-bond acceptors (Lipinski definition) is 13. The number of benzene rings is 3. The van der Waals surface area contributed by atoms with Crippen molar-refractivity contribution >= 4 is 25.8 Å². The molecule has 0 spiro atoms. The van der Waals surface area contributed by atoms with Crippen LogP contribution < -0.4 is 20.9 Å². The van der Waals surface area contributed by atoms with Gasteiger partial charge in [0.15, 0.2) is 6.10 Å². The molecular formula is C36H38N3O13P. The lowest BCUT2D eigenvalue weighted by atomic mass is 10.2. The summed E-state index contributed by atoms with van der Waals surface area (Å²) in [4.78, 5) is 64.7. The lowest BCUT2D eigenvalue weighted by Crippen LogP contribution is -2.39. The van der Waals surface area contributed by atoms with Gasteiger partial charge in [-0.05, 0) is 37.1 Å². The van der Waals surface area contributed by atoms with Crippen LogP contribution in [0.2, 0.25) is 0 Å². The Hall–Kier alpha value is -5.54. The number of esters is 2. The van der Waals surface area contributed by atoms with Crippen LogP contribution in [-0.2, 0) is 55.6 Å². The van der Waals surface area contributed by atoms with Gasteiger partial charge in [0.25, 0.3) is 5.56 Å². The van der Waals surface area contributed by atoms with Gasteiger partial charge >= 0.3 is 31.5 Å². The summed E-state index contributed by atoms with van der Waals surface area (Å²) in [7, 11) is -4.48. The quantitative estimate of drug-likeness (QED) is 0.0927. The van der Waals surface area contributed by atoms with Gasteiger partial charge in [0, 0.05) is 18.7 Å². The molecule has 3 unspecified atom stereocenters. The summed E-state index contributed by atoms with van der Waals surface area (Å²) in [6.07, 6.45) is -4.51. The Balaban J connectivity index is 1.27. The molecule has 280 valence electrons. The third-order valence-corrected chi connectivity index (χ3v) is 9.36. The summed E-state index contributed by atoms with van der Waals surface area (Å²) in [5, 5.41) is 2.52. The van der Waals surface area contributed by atoms with Crippen LogP contribution in [0.25, 0.3) is 0 Å². The van der Waals surface area contributed by atoms with E-state index < -0.39 is 74.3 Å². The molecule has 1 fully saturated rings. The number of rotatable bonds is 16. The lowest BCUT2D eigenvalue weighted by molar-refractivity contribution is -0.168. The Morgan fingerprint density at radius 2 is 1.47 bits per heavy atom. The minimum absolute atomic E-state index is 0.0281. The van der Waals surface area contributed by atoms with Gasteiger partial charge in [0.05, 0.1) is 6.61 Å². The van der Waals surface area contributed by atoms with Crippen LogP contribution in [0.15, 0.2) is 113 Å². The number of hydrogen-bond donors (Lipinski definition) is 2. The molecule has 0 aliphatic carbocycles. The van der Waals surface area contributed by atoms with E-state index in [2.05, 4.69) is 10.1 Å². The Morgan fingerprint density at radius 1 is 0.868 bits per heavy atom. The Kier molecular flexibility index (Phi) is 13.3. The maximum atomic E-state index is 14.2. The maximum absolute atomic E-state index is 14.2. The smallest absolute Gasteiger partial charge is 0.458 e. The fourth-order valence-electron chi connectivity index (χ4n) is 5.02. The molecule has 3 aromatic carbocycles. The largest absolute Gasteiger partial charge is 0.508 e. The van der Waals surface area contributed by atoms with Crippen LogP contribution in [0.3, 0.4) is 0 Å². The van der Waals surface area contributed by atoms with Crippen LogP contribution in [0.1, 0.15) is 37.6 Å². The first-order valence-electron chi connectivity index (χ1n) is 16.5. The van der Waals surface area contributed by atoms with Crippen molar-refractivity contribution < 1.29 is 51.7 Å². The summed E-state index contributed by atoms with van der Waals surface area (Å²) < 4.78 is 54.1. The monoisotopic (exact) mass is 751 g/mol. The first-order chi connectivity index (χ1) is 25.5. The summed E-state index contributed by atoms with van der Waals surface area (Å²) in [5.74, 6) is -1.65. The van der Waals surface area contributed by atoms with Gasteiger partial charge in [-0.2, -0.15) is 5.09 Å². The third kappa shape index (κ3) is 11.5. The van der Waals surface area contributed by atoms with E-state index in [-0.39, 0.29) is 25.4 Å². The van der Waals surface area contributed by atoms with Crippen molar-refractivity contribution in [2.45, 2.75) is 64.1 Å². The Labute approximate surface area is 303 Å². The van der Waals surface area contributed by atoms with Crippen molar-refractivity contribution in [1.82, 2.24) is 14.6 Å². The highest BCUT2D eigenvalue weighted by molar-refractivity contribution is 7.52. The number of carbonyl (C=O) groups excluding carboxylic acids is 3. The van der Waals surface area contributed by atoms with E-state index >= 15 is 0 Å². The minimum atomic E-state index is -4.48. The zero-order valence-electron chi connectivity index (χ0n) is 28.7. The van der Waals surface area contributed by atoms with Crippen LogP contribution in [-0.4, -0.2) is 58.6 Å². The van der Waals surface area contributed by atoms with Crippen molar-refractivity contribution in [1.29, 1.82) is 0 Å². The number of para-hydroxylation sites is 1. The van der Waals surface area contributed by atoms with E-state index in [1.807, 2.05) is 12.1 Å². The molecule has 1 saturated heterocycles. The highest BCUT2D eigenvalue weighted by Crippen LogP contribution is 2.46. The number of ether oxygens (including phenoxy) is 5. The molecule has 2 heterocycles. The molecule has 1 aliphatic heterocycles. The van der Waals surface area contributed by atoms with E-state index in [9.17, 15) is 28.5 Å². The Morgan fingerprint density at radius 3 is 2.09 bits per heavy atom. The van der Waals surface area contributed by atoms with Gasteiger partial charge in [-0.25, -0.2) is 18.9 Å². The molecule has 16 nitrogen and oxygen atoms in total. The average Bonchev–Trinajstić information content (AvgIpc) is 3.55. The molecule has 6 atom stereocenters. The van der Waals surface area contributed by atoms with Crippen LogP contribution in [0, 0.1) is 0 Å². The van der Waals surface area contributed by atoms with Crippen LogP contribution >= 0.6 is 7.75 Å². The molecule has 0 bridgehead atoms. The summed E-state index contributed by atoms with van der Waals surface area (Å²) in [5.41, 5.74) is 0.0452. The summed E-state index contributed by atoms with van der Waals surface area (Å²) >= 11 is 0. The molecule has 4 aromatic rings. The number of nitrogens with zero attached hydrogens (tertiary/aromatic N) is 1. The van der Waals surface area contributed by atoms with Crippen molar-refractivity contribution in [3.8, 4) is 5.75 Å². The molecule has 5 rings (SSSR count). The van der Waals surface area contributed by atoms with Gasteiger partial charge in [-0.1, -0.05) is 78.9 Å². The van der Waals surface area contributed by atoms with Crippen LogP contribution in [0.4, 0.5) is 4.79 Å². The predicted octanol–water partition coefficient (Wildman–Crippen LogP) is 4.40. The van der Waals surface area contributed by atoms with Gasteiger partial charge in [0.1, 0.15) is 43.4 Å². The molecule has 53 heavy (non-hydrogen) atoms. The summed E-state index contributed by atoms with van der Waals surface area (Å²) in [6.45, 7) is 2.00. The zero-order chi connectivity index (χ0) is 37.8. The number of aromatic amines is 1. The van der Waals surface area contributed by atoms with Gasteiger partial charge in [0.2, 0.25) is 0 Å². The van der Waals surface area contributed by atoms with Crippen molar-refractivity contribution in [2.75, 3.05) is 6.61 Å². The fraction of sp³-hybridized carbons (Fsp3) is 0.306. The van der Waals surface area contributed by atoms with E-state index in [0.717, 1.165) is 16.2 Å². The van der Waals surface area contributed by atoms with Gasteiger partial charge in [-0.15, -0.1) is 0 Å². The highest BCUT2D eigenvalue weighted by atomic mass is 31.2. The van der Waals surface area contributed by atoms with E-state index in [1.54, 1.807) is 66.7 Å². The lowest BCUT2D eigenvalue weighted by Gasteiger charge is -2.25. The standard InChI is InChI=1S/C36H38N3O13P/c1-24(33(41)49-25(2)34(42)46-21-26-12-6-3-7-13-26)38-53(45,52-28-16-10-5-11-17-28)48-23-30-29(51-36(44)47-22-27-14-8-4-9-15-27)20-32(50-30)39-19-18-31(40)37-35(39)43/h3-19,24-25,29-30,32H,20-23H2,1-2H3,(H,38,45)(H,37,40,43)/t24?,25?,29-,30-,32-,53?/m1/s1. The van der Waals surface area contributed by atoms with Crippen LogP contribution in [0.5, 0.6) is 5.75 Å². The molecule has 0 radical (unpaired) electrons. The van der Waals surface area contributed by atoms with Gasteiger partial charge < -0.3 is 28.2 Å². The Bertz CT molecular complexity index is 1990. The number of nitrogens with one attached hydrogen (secondary N) is 2. The molecule has 17 heteroatoms. The second-order valence-corrected chi connectivity index (χ2v) is 13.5. The molecule has 1 aromatic heterocycles. The second kappa shape index (κ2) is 18.3. The predicted molar refractivity (Wildman–Crippen MR) is 186 cm³/mol. The number of carbonyl (C=O) groups is 3. The van der Waals surface area contributed by atoms with Gasteiger partial charge in [-0.3, -0.25) is 23.7 Å². The average molecular weight is 752 g/mol. The molecule has 0 amide bonds. The topological polar surface area (TPSA) is 200 Å². The maximum Gasteiger partial charge on any atom is 0.508 e. The molecular weight excluding hydrogens is 713 g/mol. The first kappa shape index (κ1) is 38.7. The normalized spacial score (nSPS) is 18.9. The molecule has 1 aliphatic rings. The molecule has 2 N–H and O–H groups in total. The zero-order valence-corrected chi connectivity index (χ0v) is 29.6. The van der Waals surface area contributed by atoms with E-state index in [0.29, 0.717) is 5.56 Å². The van der Waals surface area contributed by atoms with Crippen molar-refractivity contribution in [2.24, 2.45) is 0 Å². The van der Waals surface area contributed by atoms with E-state index in [4.69, 9.17) is 32.7 Å². The first-order valence-corrected chi connectivity index (χ1v) is 18.0. The molecule has 0 saturated carbocycles.